The van der Waals surface area contributed by atoms with E-state index in [1.165, 1.54) is 10.7 Å². The molecule has 0 bridgehead atoms. The fourth-order valence-corrected chi connectivity index (χ4v) is 3.32. The minimum absolute atomic E-state index is 0.329. The number of amides is 1. The second kappa shape index (κ2) is 8.57. The molecule has 160 valence electrons. The number of nitriles is 1. The highest BCUT2D eigenvalue weighted by Crippen LogP contribution is 2.34. The van der Waals surface area contributed by atoms with E-state index in [4.69, 9.17) is 14.6 Å². The Kier molecular flexibility index (Phi) is 5.51. The van der Waals surface area contributed by atoms with Crippen LogP contribution in [-0.2, 0) is 0 Å². The molecule has 2 aromatic carbocycles. The lowest BCUT2D eigenvalue weighted by atomic mass is 10.1. The second-order valence-corrected chi connectivity index (χ2v) is 6.84. The van der Waals surface area contributed by atoms with Crippen molar-refractivity contribution in [2.24, 2.45) is 0 Å². The summed E-state index contributed by atoms with van der Waals surface area (Å²) < 4.78 is 12.7. The number of rotatable bonds is 6. The Balaban J connectivity index is 1.65. The third kappa shape index (κ3) is 3.97. The van der Waals surface area contributed by atoms with Crippen LogP contribution in [0.4, 0.5) is 21.9 Å². The summed E-state index contributed by atoms with van der Waals surface area (Å²) in [6, 6.07) is 16.7. The molecule has 2 heterocycles. The van der Waals surface area contributed by atoms with Crippen LogP contribution in [-0.4, -0.2) is 27.9 Å². The molecule has 0 aliphatic rings. The molecule has 0 unspecified atom stereocenters. The van der Waals surface area contributed by atoms with Crippen LogP contribution in [0.15, 0.2) is 60.9 Å². The van der Waals surface area contributed by atoms with Crippen molar-refractivity contribution in [2.75, 3.05) is 17.7 Å². The van der Waals surface area contributed by atoms with Gasteiger partial charge in [-0.25, -0.2) is 9.31 Å². The van der Waals surface area contributed by atoms with Gasteiger partial charge in [0.1, 0.15) is 11.8 Å². The Bertz CT molecular complexity index is 1340. The van der Waals surface area contributed by atoms with Gasteiger partial charge >= 0.3 is 6.09 Å². The van der Waals surface area contributed by atoms with E-state index in [9.17, 15) is 10.1 Å². The summed E-state index contributed by atoms with van der Waals surface area (Å²) in [6.45, 7) is 1.76. The smallest absolute Gasteiger partial charge is 0.409 e. The lowest BCUT2D eigenvalue weighted by molar-refractivity contribution is 0.209. The number of methoxy groups -OCH3 is 1. The Labute approximate surface area is 183 Å². The first-order chi connectivity index (χ1) is 15.5. The lowest BCUT2D eigenvalue weighted by Gasteiger charge is -2.13. The van der Waals surface area contributed by atoms with Crippen molar-refractivity contribution in [1.29, 1.82) is 5.26 Å². The van der Waals surface area contributed by atoms with E-state index in [1.807, 2.05) is 36.4 Å². The third-order valence-electron chi connectivity index (χ3n) is 4.84. The van der Waals surface area contributed by atoms with E-state index in [0.29, 0.717) is 45.3 Å². The summed E-state index contributed by atoms with van der Waals surface area (Å²) in [5, 5.41) is 28.4. The molecule has 4 aromatic rings. The molecule has 0 aliphatic heterocycles. The number of carboxylic acid groups (broad SMARTS) is 1. The molecule has 0 spiro atoms. The van der Waals surface area contributed by atoms with Crippen molar-refractivity contribution < 1.29 is 19.4 Å². The fourth-order valence-electron chi connectivity index (χ4n) is 3.32. The number of fused-ring (bicyclic) bond motifs is 1. The number of hydrogen-bond donors (Lipinski definition) is 3. The van der Waals surface area contributed by atoms with Crippen molar-refractivity contribution in [3.8, 4) is 23.3 Å². The molecule has 9 nitrogen and oxygen atoms in total. The zero-order valence-electron chi connectivity index (χ0n) is 17.3. The van der Waals surface area contributed by atoms with Gasteiger partial charge in [0.05, 0.1) is 42.0 Å². The highest BCUT2D eigenvalue weighted by molar-refractivity contribution is 5.92. The number of hydrogen-bond acceptors (Lipinski definition) is 6. The van der Waals surface area contributed by atoms with Crippen LogP contribution < -0.4 is 20.1 Å². The predicted molar refractivity (Wildman–Crippen MR) is 119 cm³/mol. The summed E-state index contributed by atoms with van der Waals surface area (Å²) in [5.41, 5.74) is 3.21. The monoisotopic (exact) mass is 429 g/mol. The molecule has 0 saturated heterocycles. The van der Waals surface area contributed by atoms with Crippen molar-refractivity contribution in [2.45, 2.75) is 6.92 Å². The quantitative estimate of drug-likeness (QED) is 0.388. The molecule has 9 heteroatoms. The largest absolute Gasteiger partial charge is 0.493 e. The topological polar surface area (TPSA) is 121 Å². The minimum atomic E-state index is -1.18. The SMILES string of the molecule is COc1ccccc1Oc1ccc(Nc2c(C#N)cnn3cc(NC(=O)O)c(C)c23)cc1. The van der Waals surface area contributed by atoms with Crippen LogP contribution >= 0.6 is 0 Å². The standard InChI is InChI=1S/C23H19N5O4/c1-14-18(27-23(29)30)13-28-22(14)21(15(11-24)12-25-28)26-16-7-9-17(10-8-16)32-20-6-4-3-5-19(20)31-2/h3-10,12-13,26-27H,1-2H3,(H,29,30). The number of aryl methyl sites for hydroxylation is 1. The first-order valence-electron chi connectivity index (χ1n) is 9.59. The summed E-state index contributed by atoms with van der Waals surface area (Å²) >= 11 is 0. The second-order valence-electron chi connectivity index (χ2n) is 6.84. The van der Waals surface area contributed by atoms with Crippen molar-refractivity contribution >= 4 is 28.7 Å². The third-order valence-corrected chi connectivity index (χ3v) is 4.84. The van der Waals surface area contributed by atoms with Gasteiger partial charge in [0.2, 0.25) is 0 Å². The Hall–Kier alpha value is -4.71. The first kappa shape index (κ1) is 20.6. The number of aromatic nitrogens is 2. The number of carbonyl (C=O) groups is 1. The molecular weight excluding hydrogens is 410 g/mol. The zero-order chi connectivity index (χ0) is 22.7. The number of nitrogens with zero attached hydrogens (tertiary/aromatic N) is 3. The molecule has 1 amide bonds. The van der Waals surface area contributed by atoms with E-state index in [-0.39, 0.29) is 0 Å². The molecule has 0 fully saturated rings. The summed E-state index contributed by atoms with van der Waals surface area (Å²) in [5.74, 6) is 1.84. The van der Waals surface area contributed by atoms with Gasteiger partial charge in [0, 0.05) is 11.3 Å². The summed E-state index contributed by atoms with van der Waals surface area (Å²) in [7, 11) is 1.58. The maximum atomic E-state index is 11.1. The van der Waals surface area contributed by atoms with E-state index in [2.05, 4.69) is 21.8 Å². The van der Waals surface area contributed by atoms with Crippen molar-refractivity contribution in [1.82, 2.24) is 9.61 Å². The van der Waals surface area contributed by atoms with Gasteiger partial charge in [-0.05, 0) is 43.3 Å². The van der Waals surface area contributed by atoms with Crippen LogP contribution in [0.5, 0.6) is 17.2 Å². The minimum Gasteiger partial charge on any atom is -0.493 e. The molecule has 4 rings (SSSR count). The Morgan fingerprint density at radius 2 is 1.88 bits per heavy atom. The number of para-hydroxylation sites is 2. The van der Waals surface area contributed by atoms with Crippen LogP contribution in [0, 0.1) is 18.3 Å². The molecule has 0 saturated carbocycles. The highest BCUT2D eigenvalue weighted by Gasteiger charge is 2.17. The first-order valence-corrected chi connectivity index (χ1v) is 9.59. The van der Waals surface area contributed by atoms with Crippen LogP contribution in [0.3, 0.4) is 0 Å². The lowest BCUT2D eigenvalue weighted by Crippen LogP contribution is -2.07. The Morgan fingerprint density at radius 3 is 2.53 bits per heavy atom. The van der Waals surface area contributed by atoms with E-state index < -0.39 is 6.09 Å². The predicted octanol–water partition coefficient (Wildman–Crippen LogP) is 5.15. The molecular formula is C23H19N5O4. The van der Waals surface area contributed by atoms with Gasteiger partial charge in [0.15, 0.2) is 11.5 Å². The normalized spacial score (nSPS) is 10.4. The van der Waals surface area contributed by atoms with Gasteiger partial charge in [0.25, 0.3) is 0 Å². The highest BCUT2D eigenvalue weighted by atomic mass is 16.5. The molecule has 3 N–H and O–H groups in total. The average Bonchev–Trinajstić information content (AvgIpc) is 3.10. The summed E-state index contributed by atoms with van der Waals surface area (Å²) in [4.78, 5) is 11.1. The number of nitrogens with one attached hydrogen (secondary N) is 2. The van der Waals surface area contributed by atoms with Crippen molar-refractivity contribution in [3.63, 3.8) is 0 Å². The maximum absolute atomic E-state index is 11.1. The van der Waals surface area contributed by atoms with Gasteiger partial charge in [-0.1, -0.05) is 12.1 Å². The fraction of sp³-hybridized carbons (Fsp3) is 0.0870. The van der Waals surface area contributed by atoms with Crippen LogP contribution in [0.1, 0.15) is 11.1 Å². The number of benzene rings is 2. The molecule has 0 atom stereocenters. The van der Waals surface area contributed by atoms with Crippen LogP contribution in [0.2, 0.25) is 0 Å². The average molecular weight is 429 g/mol. The number of ether oxygens (including phenoxy) is 2. The van der Waals surface area contributed by atoms with E-state index in [0.717, 1.165) is 5.69 Å². The molecule has 2 aromatic heterocycles. The van der Waals surface area contributed by atoms with Gasteiger partial charge < -0.3 is 19.9 Å². The van der Waals surface area contributed by atoms with E-state index in [1.54, 1.807) is 32.4 Å². The molecule has 0 aliphatic carbocycles. The van der Waals surface area contributed by atoms with Crippen LogP contribution in [0.25, 0.3) is 5.52 Å². The number of anilines is 3. The Morgan fingerprint density at radius 1 is 1.16 bits per heavy atom. The molecule has 0 radical (unpaired) electrons. The van der Waals surface area contributed by atoms with Gasteiger partial charge in [-0.2, -0.15) is 10.4 Å². The summed E-state index contributed by atoms with van der Waals surface area (Å²) in [6.07, 6.45) is 1.82. The van der Waals surface area contributed by atoms with Crippen molar-refractivity contribution in [3.05, 3.63) is 72.1 Å². The van der Waals surface area contributed by atoms with Gasteiger partial charge in [-0.15, -0.1) is 0 Å². The zero-order valence-corrected chi connectivity index (χ0v) is 17.3. The van der Waals surface area contributed by atoms with Gasteiger partial charge in [-0.3, -0.25) is 5.32 Å². The molecule has 32 heavy (non-hydrogen) atoms. The maximum Gasteiger partial charge on any atom is 0.409 e. The van der Waals surface area contributed by atoms with E-state index >= 15 is 0 Å².